The molecule has 1 N–H and O–H groups in total. The van der Waals surface area contributed by atoms with Crippen LogP contribution >= 0.6 is 11.8 Å². The van der Waals surface area contributed by atoms with Gasteiger partial charge in [0.15, 0.2) is 11.5 Å². The van der Waals surface area contributed by atoms with Crippen molar-refractivity contribution in [3.63, 3.8) is 0 Å². The molecule has 2 aromatic carbocycles. The molecule has 164 valence electrons. The van der Waals surface area contributed by atoms with Gasteiger partial charge in [0.1, 0.15) is 17.6 Å². The van der Waals surface area contributed by atoms with E-state index in [1.165, 1.54) is 7.11 Å². The second-order valence-corrected chi connectivity index (χ2v) is 8.72. The third kappa shape index (κ3) is 4.18. The molecule has 0 bridgehead atoms. The standard InChI is InChI=1S/C24H27NO5S/c1-14-11-25(12-15(2)29-14)19(13-26)16-6-8-21-18(9-16)24(31-4)23(30-21)17-5-7-20(27)22(10-17)28-3/h5-10,13-15,19,27H,11-12H2,1-4H3/t14-,15+,19?. The van der Waals surface area contributed by atoms with Gasteiger partial charge in [0.2, 0.25) is 0 Å². The van der Waals surface area contributed by atoms with E-state index >= 15 is 0 Å². The fourth-order valence-corrected chi connectivity index (χ4v) is 5.03. The average Bonchev–Trinajstić information content (AvgIpc) is 3.12. The molecule has 3 atom stereocenters. The Labute approximate surface area is 186 Å². The summed E-state index contributed by atoms with van der Waals surface area (Å²) in [7, 11) is 1.52. The quantitative estimate of drug-likeness (QED) is 0.431. The maximum absolute atomic E-state index is 12.1. The number of ether oxygens (including phenoxy) is 2. The van der Waals surface area contributed by atoms with Gasteiger partial charge in [-0.05, 0) is 56.0 Å². The molecular formula is C24H27NO5S. The molecule has 0 radical (unpaired) electrons. The Kier molecular flexibility index (Phi) is 6.27. The molecule has 1 aromatic heterocycles. The van der Waals surface area contributed by atoms with Crippen LogP contribution in [0.15, 0.2) is 45.7 Å². The molecule has 6 nitrogen and oxygen atoms in total. The summed E-state index contributed by atoms with van der Waals surface area (Å²) in [4.78, 5) is 15.3. The summed E-state index contributed by atoms with van der Waals surface area (Å²) in [5.41, 5.74) is 2.51. The number of benzene rings is 2. The highest BCUT2D eigenvalue weighted by Crippen LogP contribution is 2.42. The molecular weight excluding hydrogens is 414 g/mol. The number of methoxy groups -OCH3 is 1. The number of aldehydes is 1. The fraction of sp³-hybridized carbons (Fsp3) is 0.375. The zero-order valence-electron chi connectivity index (χ0n) is 18.1. The lowest BCUT2D eigenvalue weighted by atomic mass is 10.0. The number of carbonyl (C=O) groups is 1. The molecule has 0 amide bonds. The van der Waals surface area contributed by atoms with Gasteiger partial charge in [-0.3, -0.25) is 4.90 Å². The van der Waals surface area contributed by atoms with E-state index in [0.717, 1.165) is 33.3 Å². The molecule has 31 heavy (non-hydrogen) atoms. The summed E-state index contributed by atoms with van der Waals surface area (Å²) in [6, 6.07) is 10.8. The minimum Gasteiger partial charge on any atom is -0.504 e. The predicted molar refractivity (Wildman–Crippen MR) is 122 cm³/mol. The van der Waals surface area contributed by atoms with Crippen LogP contribution < -0.4 is 4.74 Å². The van der Waals surface area contributed by atoms with Crippen molar-refractivity contribution in [2.24, 2.45) is 0 Å². The number of furan rings is 1. The lowest BCUT2D eigenvalue weighted by Gasteiger charge is -2.38. The van der Waals surface area contributed by atoms with Gasteiger partial charge in [0.25, 0.3) is 0 Å². The van der Waals surface area contributed by atoms with Crippen molar-refractivity contribution in [1.29, 1.82) is 0 Å². The van der Waals surface area contributed by atoms with Crippen LogP contribution in [0.25, 0.3) is 22.3 Å². The molecule has 0 spiro atoms. The van der Waals surface area contributed by atoms with Crippen LogP contribution in [-0.4, -0.2) is 55.0 Å². The fourth-order valence-electron chi connectivity index (χ4n) is 4.31. The summed E-state index contributed by atoms with van der Waals surface area (Å²) < 4.78 is 17.3. The first-order valence-electron chi connectivity index (χ1n) is 10.3. The number of fused-ring (bicyclic) bond motifs is 1. The first kappa shape index (κ1) is 21.7. The van der Waals surface area contributed by atoms with Crippen LogP contribution in [-0.2, 0) is 9.53 Å². The number of phenols is 1. The Morgan fingerprint density at radius 1 is 1.19 bits per heavy atom. The van der Waals surface area contributed by atoms with Crippen molar-refractivity contribution in [3.05, 3.63) is 42.0 Å². The van der Waals surface area contributed by atoms with Crippen molar-refractivity contribution in [2.75, 3.05) is 26.5 Å². The summed E-state index contributed by atoms with van der Waals surface area (Å²) in [6.07, 6.45) is 3.18. The van der Waals surface area contributed by atoms with Gasteiger partial charge in [-0.1, -0.05) is 6.07 Å². The third-order valence-electron chi connectivity index (χ3n) is 5.62. The lowest BCUT2D eigenvalue weighted by Crippen LogP contribution is -2.47. The van der Waals surface area contributed by atoms with Crippen LogP contribution in [0.2, 0.25) is 0 Å². The van der Waals surface area contributed by atoms with Gasteiger partial charge in [-0.2, -0.15) is 0 Å². The number of thioether (sulfide) groups is 1. The largest absolute Gasteiger partial charge is 0.504 e. The van der Waals surface area contributed by atoms with Crippen LogP contribution in [0.1, 0.15) is 25.5 Å². The molecule has 3 aromatic rings. The minimum atomic E-state index is -0.333. The number of rotatable bonds is 6. The van der Waals surface area contributed by atoms with E-state index in [1.54, 1.807) is 30.0 Å². The van der Waals surface area contributed by atoms with E-state index in [4.69, 9.17) is 13.9 Å². The molecule has 0 aliphatic carbocycles. The molecule has 4 rings (SSSR count). The van der Waals surface area contributed by atoms with Gasteiger partial charge in [0.05, 0.1) is 30.3 Å². The maximum atomic E-state index is 12.1. The van der Waals surface area contributed by atoms with Crippen LogP contribution in [0, 0.1) is 0 Å². The molecule has 1 aliphatic heterocycles. The number of phenolic OH excluding ortho intramolecular Hbond substituents is 1. The number of nitrogens with zero attached hydrogens (tertiary/aromatic N) is 1. The lowest BCUT2D eigenvalue weighted by molar-refractivity contribution is -0.119. The van der Waals surface area contributed by atoms with E-state index < -0.39 is 0 Å². The maximum Gasteiger partial charge on any atom is 0.161 e. The zero-order valence-corrected chi connectivity index (χ0v) is 18.9. The van der Waals surface area contributed by atoms with Gasteiger partial charge in [-0.15, -0.1) is 11.8 Å². The topological polar surface area (TPSA) is 72.1 Å². The molecule has 1 fully saturated rings. The van der Waals surface area contributed by atoms with E-state index in [1.807, 2.05) is 32.2 Å². The van der Waals surface area contributed by atoms with Gasteiger partial charge in [0, 0.05) is 24.0 Å². The molecule has 7 heteroatoms. The highest BCUT2D eigenvalue weighted by atomic mass is 32.2. The monoisotopic (exact) mass is 441 g/mol. The van der Waals surface area contributed by atoms with Gasteiger partial charge in [-0.25, -0.2) is 0 Å². The van der Waals surface area contributed by atoms with Crippen molar-refractivity contribution in [2.45, 2.75) is 37.0 Å². The van der Waals surface area contributed by atoms with Crippen molar-refractivity contribution >= 4 is 29.0 Å². The van der Waals surface area contributed by atoms with Crippen LogP contribution in [0.3, 0.4) is 0 Å². The van der Waals surface area contributed by atoms with E-state index in [-0.39, 0.29) is 24.0 Å². The summed E-state index contributed by atoms with van der Waals surface area (Å²) in [6.45, 7) is 5.50. The Morgan fingerprint density at radius 3 is 2.58 bits per heavy atom. The Hall–Kier alpha value is -2.48. The number of aromatic hydroxyl groups is 1. The molecule has 1 aliphatic rings. The van der Waals surface area contributed by atoms with E-state index in [9.17, 15) is 9.90 Å². The first-order valence-corrected chi connectivity index (χ1v) is 11.5. The normalized spacial score (nSPS) is 20.6. The van der Waals surface area contributed by atoms with Crippen LogP contribution in [0.4, 0.5) is 0 Å². The Morgan fingerprint density at radius 2 is 1.94 bits per heavy atom. The van der Waals surface area contributed by atoms with Crippen molar-refractivity contribution < 1.29 is 23.8 Å². The number of hydrogen-bond acceptors (Lipinski definition) is 7. The van der Waals surface area contributed by atoms with E-state index in [0.29, 0.717) is 24.6 Å². The highest BCUT2D eigenvalue weighted by Gasteiger charge is 2.29. The Bertz CT molecular complexity index is 1090. The summed E-state index contributed by atoms with van der Waals surface area (Å²) in [5, 5.41) is 10.9. The van der Waals surface area contributed by atoms with E-state index in [2.05, 4.69) is 11.0 Å². The van der Waals surface area contributed by atoms with Gasteiger partial charge >= 0.3 is 0 Å². The molecule has 2 heterocycles. The highest BCUT2D eigenvalue weighted by molar-refractivity contribution is 7.99. The smallest absolute Gasteiger partial charge is 0.161 e. The summed E-state index contributed by atoms with van der Waals surface area (Å²) >= 11 is 1.59. The predicted octanol–water partition coefficient (Wildman–Crippen LogP) is 4.89. The average molecular weight is 442 g/mol. The molecule has 1 saturated heterocycles. The molecule has 0 saturated carbocycles. The van der Waals surface area contributed by atoms with Gasteiger partial charge < -0.3 is 23.8 Å². The second kappa shape index (κ2) is 8.94. The molecule has 1 unspecified atom stereocenters. The SMILES string of the molecule is COc1cc(-c2oc3ccc(C(C=O)N4C[C@@H](C)O[C@@H](C)C4)cc3c2SC)ccc1O. The third-order valence-corrected chi connectivity index (χ3v) is 6.44. The first-order chi connectivity index (χ1) is 14.9. The number of morpholine rings is 1. The van der Waals surface area contributed by atoms with Crippen molar-refractivity contribution in [1.82, 2.24) is 4.90 Å². The zero-order chi connectivity index (χ0) is 22.1. The van der Waals surface area contributed by atoms with Crippen molar-refractivity contribution in [3.8, 4) is 22.8 Å². The number of carbonyl (C=O) groups excluding carboxylic acids is 1. The summed E-state index contributed by atoms with van der Waals surface area (Å²) in [5.74, 6) is 1.19. The van der Waals surface area contributed by atoms with Crippen LogP contribution in [0.5, 0.6) is 11.5 Å². The number of hydrogen-bond donors (Lipinski definition) is 1. The minimum absolute atomic E-state index is 0.0816. The Balaban J connectivity index is 1.76. The second-order valence-electron chi connectivity index (χ2n) is 7.90.